The SMILES string of the molecule is CCNc1ncccc1COc1cncc(Br)c1. The van der Waals surface area contributed by atoms with Crippen molar-refractivity contribution in [3.05, 3.63) is 46.8 Å². The van der Waals surface area contributed by atoms with Gasteiger partial charge in [-0.05, 0) is 35.0 Å². The fraction of sp³-hybridized carbons (Fsp3) is 0.231. The van der Waals surface area contributed by atoms with Gasteiger partial charge in [-0.2, -0.15) is 0 Å². The second kappa shape index (κ2) is 6.35. The van der Waals surface area contributed by atoms with E-state index >= 15 is 0 Å². The van der Waals surface area contributed by atoms with Crippen molar-refractivity contribution in [3.63, 3.8) is 0 Å². The topological polar surface area (TPSA) is 47.0 Å². The minimum atomic E-state index is 0.467. The van der Waals surface area contributed by atoms with Crippen LogP contribution in [0.5, 0.6) is 5.75 Å². The lowest BCUT2D eigenvalue weighted by atomic mass is 10.2. The molecule has 0 amide bonds. The number of anilines is 1. The summed E-state index contributed by atoms with van der Waals surface area (Å²) in [7, 11) is 0. The fourth-order valence-corrected chi connectivity index (χ4v) is 1.86. The van der Waals surface area contributed by atoms with Crippen molar-refractivity contribution in [2.75, 3.05) is 11.9 Å². The molecule has 0 bridgehead atoms. The van der Waals surface area contributed by atoms with E-state index in [9.17, 15) is 0 Å². The van der Waals surface area contributed by atoms with Crippen molar-refractivity contribution < 1.29 is 4.74 Å². The highest BCUT2D eigenvalue weighted by Gasteiger charge is 2.03. The Morgan fingerprint density at radius 3 is 3.06 bits per heavy atom. The Bertz CT molecular complexity index is 519. The lowest BCUT2D eigenvalue weighted by Crippen LogP contribution is -2.05. The van der Waals surface area contributed by atoms with Crippen molar-refractivity contribution >= 4 is 21.7 Å². The third kappa shape index (κ3) is 3.43. The molecular weight excluding hydrogens is 294 g/mol. The molecule has 0 fully saturated rings. The van der Waals surface area contributed by atoms with Crippen LogP contribution in [0, 0.1) is 0 Å². The van der Waals surface area contributed by atoms with E-state index in [4.69, 9.17) is 4.74 Å². The number of ether oxygens (including phenoxy) is 1. The zero-order valence-corrected chi connectivity index (χ0v) is 11.6. The van der Waals surface area contributed by atoms with Gasteiger partial charge in [-0.25, -0.2) is 4.98 Å². The molecule has 0 unspecified atom stereocenters. The predicted octanol–water partition coefficient (Wildman–Crippen LogP) is 3.25. The van der Waals surface area contributed by atoms with Gasteiger partial charge in [-0.1, -0.05) is 6.07 Å². The third-order valence-corrected chi connectivity index (χ3v) is 2.74. The average Bonchev–Trinajstić information content (AvgIpc) is 2.38. The molecule has 2 aromatic rings. The molecule has 2 rings (SSSR count). The van der Waals surface area contributed by atoms with Crippen LogP contribution in [0.1, 0.15) is 12.5 Å². The summed E-state index contributed by atoms with van der Waals surface area (Å²) in [5.74, 6) is 1.60. The van der Waals surface area contributed by atoms with E-state index < -0.39 is 0 Å². The van der Waals surface area contributed by atoms with Gasteiger partial charge in [0.15, 0.2) is 0 Å². The van der Waals surface area contributed by atoms with Gasteiger partial charge in [-0.3, -0.25) is 4.98 Å². The number of pyridine rings is 2. The number of halogens is 1. The number of hydrogen-bond donors (Lipinski definition) is 1. The Labute approximate surface area is 115 Å². The quantitative estimate of drug-likeness (QED) is 0.921. The summed E-state index contributed by atoms with van der Waals surface area (Å²) in [4.78, 5) is 8.33. The molecule has 4 nitrogen and oxygen atoms in total. The van der Waals surface area contributed by atoms with Crippen LogP contribution in [0.3, 0.4) is 0 Å². The molecule has 2 aromatic heterocycles. The molecule has 0 saturated carbocycles. The first kappa shape index (κ1) is 12.8. The first-order valence-electron chi connectivity index (χ1n) is 5.70. The van der Waals surface area contributed by atoms with Gasteiger partial charge < -0.3 is 10.1 Å². The number of aromatic nitrogens is 2. The molecule has 1 N–H and O–H groups in total. The highest BCUT2D eigenvalue weighted by molar-refractivity contribution is 9.10. The van der Waals surface area contributed by atoms with Gasteiger partial charge in [0.1, 0.15) is 18.2 Å². The van der Waals surface area contributed by atoms with Crippen LogP contribution in [0.4, 0.5) is 5.82 Å². The first-order valence-corrected chi connectivity index (χ1v) is 6.50. The van der Waals surface area contributed by atoms with Crippen molar-refractivity contribution in [1.82, 2.24) is 9.97 Å². The maximum atomic E-state index is 5.69. The highest BCUT2D eigenvalue weighted by atomic mass is 79.9. The number of hydrogen-bond acceptors (Lipinski definition) is 4. The van der Waals surface area contributed by atoms with Crippen molar-refractivity contribution in [3.8, 4) is 5.75 Å². The Kier molecular flexibility index (Phi) is 4.52. The van der Waals surface area contributed by atoms with E-state index in [2.05, 4.69) is 31.2 Å². The summed E-state index contributed by atoms with van der Waals surface area (Å²) in [6.07, 6.45) is 5.18. The maximum Gasteiger partial charge on any atom is 0.139 e. The normalized spacial score (nSPS) is 10.1. The van der Waals surface area contributed by atoms with Gasteiger partial charge >= 0.3 is 0 Å². The van der Waals surface area contributed by atoms with Crippen molar-refractivity contribution in [2.45, 2.75) is 13.5 Å². The maximum absolute atomic E-state index is 5.69. The van der Waals surface area contributed by atoms with Gasteiger partial charge in [0, 0.05) is 29.0 Å². The Hall–Kier alpha value is -1.62. The van der Waals surface area contributed by atoms with Crippen LogP contribution in [-0.4, -0.2) is 16.5 Å². The zero-order valence-electron chi connectivity index (χ0n) is 10.1. The van der Waals surface area contributed by atoms with Gasteiger partial charge in [0.25, 0.3) is 0 Å². The molecule has 0 saturated heterocycles. The molecule has 5 heteroatoms. The Balaban J connectivity index is 2.06. The van der Waals surface area contributed by atoms with E-state index in [1.807, 2.05) is 25.1 Å². The van der Waals surface area contributed by atoms with E-state index in [1.54, 1.807) is 18.6 Å². The van der Waals surface area contributed by atoms with Crippen LogP contribution < -0.4 is 10.1 Å². The standard InChI is InChI=1S/C13H14BrN3O/c1-2-16-13-10(4-3-5-17-13)9-18-12-6-11(14)7-15-8-12/h3-8H,2,9H2,1H3,(H,16,17). The second-order valence-corrected chi connectivity index (χ2v) is 4.58. The first-order chi connectivity index (χ1) is 8.79. The van der Waals surface area contributed by atoms with E-state index in [-0.39, 0.29) is 0 Å². The Morgan fingerprint density at radius 1 is 1.39 bits per heavy atom. The van der Waals surface area contributed by atoms with Crippen LogP contribution in [0.15, 0.2) is 41.3 Å². The minimum Gasteiger partial charge on any atom is -0.487 e. The molecule has 0 spiro atoms. The van der Waals surface area contributed by atoms with Crippen molar-refractivity contribution in [1.29, 1.82) is 0 Å². The lowest BCUT2D eigenvalue weighted by molar-refractivity contribution is 0.305. The summed E-state index contributed by atoms with van der Waals surface area (Å²) in [5.41, 5.74) is 1.03. The lowest BCUT2D eigenvalue weighted by Gasteiger charge is -2.10. The van der Waals surface area contributed by atoms with Gasteiger partial charge in [-0.15, -0.1) is 0 Å². The predicted molar refractivity (Wildman–Crippen MR) is 74.7 cm³/mol. The van der Waals surface area contributed by atoms with Crippen molar-refractivity contribution in [2.24, 2.45) is 0 Å². The zero-order chi connectivity index (χ0) is 12.8. The van der Waals surface area contributed by atoms with E-state index in [0.717, 1.165) is 28.1 Å². The second-order valence-electron chi connectivity index (χ2n) is 3.67. The average molecular weight is 308 g/mol. The minimum absolute atomic E-state index is 0.467. The van der Waals surface area contributed by atoms with E-state index in [1.165, 1.54) is 0 Å². The summed E-state index contributed by atoms with van der Waals surface area (Å²) < 4.78 is 6.59. The molecule has 18 heavy (non-hydrogen) atoms. The highest BCUT2D eigenvalue weighted by Crippen LogP contribution is 2.19. The number of nitrogens with one attached hydrogen (secondary N) is 1. The molecule has 0 aromatic carbocycles. The summed E-state index contributed by atoms with van der Waals surface area (Å²) in [6, 6.07) is 5.78. The molecule has 2 heterocycles. The van der Waals surface area contributed by atoms with Gasteiger partial charge in [0.2, 0.25) is 0 Å². The van der Waals surface area contributed by atoms with Crippen LogP contribution >= 0.6 is 15.9 Å². The third-order valence-electron chi connectivity index (χ3n) is 2.31. The smallest absolute Gasteiger partial charge is 0.139 e. The molecule has 94 valence electrons. The van der Waals surface area contributed by atoms with Crippen LogP contribution in [0.25, 0.3) is 0 Å². The summed E-state index contributed by atoms with van der Waals surface area (Å²) in [6.45, 7) is 3.34. The fourth-order valence-electron chi connectivity index (χ4n) is 1.51. The molecule has 0 aliphatic heterocycles. The summed E-state index contributed by atoms with van der Waals surface area (Å²) in [5, 5.41) is 3.21. The molecule has 0 radical (unpaired) electrons. The molecule has 0 aliphatic rings. The summed E-state index contributed by atoms with van der Waals surface area (Å²) >= 11 is 3.36. The van der Waals surface area contributed by atoms with Gasteiger partial charge in [0.05, 0.1) is 6.20 Å². The molecule has 0 atom stereocenters. The molecular formula is C13H14BrN3O. The largest absolute Gasteiger partial charge is 0.487 e. The number of nitrogens with zero attached hydrogens (tertiary/aromatic N) is 2. The Morgan fingerprint density at radius 2 is 2.28 bits per heavy atom. The van der Waals surface area contributed by atoms with E-state index in [0.29, 0.717) is 6.61 Å². The molecule has 0 aliphatic carbocycles. The van der Waals surface area contributed by atoms with Crippen LogP contribution in [0.2, 0.25) is 0 Å². The monoisotopic (exact) mass is 307 g/mol. The van der Waals surface area contributed by atoms with Crippen LogP contribution in [-0.2, 0) is 6.61 Å². The number of rotatable bonds is 5.